The summed E-state index contributed by atoms with van der Waals surface area (Å²) in [4.78, 5) is 16.7. The smallest absolute Gasteiger partial charge is 0.275 e. The molecule has 108 valence electrons. The predicted molar refractivity (Wildman–Crippen MR) is 73.6 cm³/mol. The molecular formula is C13H18N4O2S. The van der Waals surface area contributed by atoms with E-state index >= 15 is 0 Å². The van der Waals surface area contributed by atoms with E-state index in [0.717, 1.165) is 25.6 Å². The number of amides is 1. The van der Waals surface area contributed by atoms with Crippen molar-refractivity contribution in [2.45, 2.75) is 25.0 Å². The number of carbonyl (C=O) groups excluding carboxylic acids is 1. The highest BCUT2D eigenvalue weighted by atomic mass is 32.1. The highest BCUT2D eigenvalue weighted by molar-refractivity contribution is 7.03. The second-order valence-electron chi connectivity index (χ2n) is 5.92. The van der Waals surface area contributed by atoms with Gasteiger partial charge in [0.2, 0.25) is 0 Å². The zero-order valence-corrected chi connectivity index (χ0v) is 12.1. The minimum Gasteiger partial charge on any atom is -0.373 e. The lowest BCUT2D eigenvalue weighted by Crippen LogP contribution is -2.51. The van der Waals surface area contributed by atoms with Gasteiger partial charge in [-0.25, -0.2) is 0 Å². The Balaban J connectivity index is 1.45. The van der Waals surface area contributed by atoms with Crippen molar-refractivity contribution in [3.63, 3.8) is 0 Å². The standard InChI is InChI=1S/C13H18N4O2S/c18-13(10-8-20-15-14-10)17-6-11-12(7-17)19-4-3-16(11)5-9-1-2-9/h8-9,11-12H,1-7H2/t11-,12+/m1/s1. The number of morpholine rings is 1. The molecule has 1 aromatic rings. The van der Waals surface area contributed by atoms with E-state index in [2.05, 4.69) is 14.5 Å². The summed E-state index contributed by atoms with van der Waals surface area (Å²) in [5.41, 5.74) is 0.461. The first-order valence-electron chi connectivity index (χ1n) is 7.23. The van der Waals surface area contributed by atoms with Gasteiger partial charge in [0.1, 0.15) is 0 Å². The minimum absolute atomic E-state index is 0.0110. The van der Waals surface area contributed by atoms with E-state index in [9.17, 15) is 4.79 Å². The summed E-state index contributed by atoms with van der Waals surface area (Å²) in [5.74, 6) is 0.865. The lowest BCUT2D eigenvalue weighted by Gasteiger charge is -2.36. The fraction of sp³-hybridized carbons (Fsp3) is 0.769. The Hall–Kier alpha value is -1.05. The number of carbonyl (C=O) groups is 1. The Labute approximate surface area is 121 Å². The highest BCUT2D eigenvalue weighted by Crippen LogP contribution is 2.33. The van der Waals surface area contributed by atoms with Crippen LogP contribution in [0.1, 0.15) is 23.3 Å². The summed E-state index contributed by atoms with van der Waals surface area (Å²) in [7, 11) is 0. The molecule has 0 bridgehead atoms. The second kappa shape index (κ2) is 5.05. The maximum absolute atomic E-state index is 12.3. The van der Waals surface area contributed by atoms with Gasteiger partial charge in [0.25, 0.3) is 5.91 Å². The minimum atomic E-state index is -0.0110. The monoisotopic (exact) mass is 294 g/mol. The number of hydrogen-bond acceptors (Lipinski definition) is 6. The van der Waals surface area contributed by atoms with E-state index in [1.54, 1.807) is 5.38 Å². The Morgan fingerprint density at radius 1 is 1.45 bits per heavy atom. The molecule has 4 rings (SSSR count). The molecule has 2 saturated heterocycles. The van der Waals surface area contributed by atoms with Crippen molar-refractivity contribution in [3.8, 4) is 0 Å². The number of fused-ring (bicyclic) bond motifs is 1. The first-order chi connectivity index (χ1) is 9.81. The van der Waals surface area contributed by atoms with Gasteiger partial charge in [0, 0.05) is 31.6 Å². The molecule has 1 saturated carbocycles. The molecule has 0 N–H and O–H groups in total. The highest BCUT2D eigenvalue weighted by Gasteiger charge is 2.43. The van der Waals surface area contributed by atoms with Crippen LogP contribution in [0.5, 0.6) is 0 Å². The van der Waals surface area contributed by atoms with Gasteiger partial charge in [0.15, 0.2) is 5.69 Å². The molecular weight excluding hydrogens is 276 g/mol. The number of rotatable bonds is 3. The summed E-state index contributed by atoms with van der Waals surface area (Å²) < 4.78 is 9.63. The van der Waals surface area contributed by atoms with Crippen LogP contribution in [0, 0.1) is 5.92 Å². The average molecular weight is 294 g/mol. The third-order valence-corrected chi connectivity index (χ3v) is 4.98. The van der Waals surface area contributed by atoms with Crippen molar-refractivity contribution in [1.29, 1.82) is 0 Å². The van der Waals surface area contributed by atoms with Crippen LogP contribution in [0.4, 0.5) is 0 Å². The van der Waals surface area contributed by atoms with Crippen molar-refractivity contribution < 1.29 is 9.53 Å². The average Bonchev–Trinajstić information content (AvgIpc) is 2.97. The first kappa shape index (κ1) is 12.7. The van der Waals surface area contributed by atoms with Crippen molar-refractivity contribution in [2.24, 2.45) is 5.92 Å². The summed E-state index contributed by atoms with van der Waals surface area (Å²) in [5, 5.41) is 5.59. The second-order valence-corrected chi connectivity index (χ2v) is 6.53. The third-order valence-electron chi connectivity index (χ3n) is 4.47. The number of aromatic nitrogens is 2. The van der Waals surface area contributed by atoms with Gasteiger partial charge < -0.3 is 9.64 Å². The quantitative estimate of drug-likeness (QED) is 0.811. The molecule has 0 unspecified atom stereocenters. The molecule has 1 aromatic heterocycles. The molecule has 3 aliphatic rings. The van der Waals surface area contributed by atoms with Crippen LogP contribution in [0.15, 0.2) is 5.38 Å². The Morgan fingerprint density at radius 3 is 3.10 bits per heavy atom. The number of likely N-dealkylation sites (tertiary alicyclic amines) is 1. The lowest BCUT2D eigenvalue weighted by molar-refractivity contribution is -0.0484. The molecule has 1 aliphatic carbocycles. The van der Waals surface area contributed by atoms with Gasteiger partial charge in [-0.05, 0) is 30.3 Å². The van der Waals surface area contributed by atoms with E-state index in [-0.39, 0.29) is 12.0 Å². The third kappa shape index (κ3) is 2.34. The van der Waals surface area contributed by atoms with Gasteiger partial charge >= 0.3 is 0 Å². The van der Waals surface area contributed by atoms with Crippen molar-refractivity contribution in [1.82, 2.24) is 19.4 Å². The van der Waals surface area contributed by atoms with Crippen LogP contribution >= 0.6 is 11.5 Å². The molecule has 3 fully saturated rings. The zero-order valence-electron chi connectivity index (χ0n) is 11.3. The fourth-order valence-corrected chi connectivity index (χ4v) is 3.63. The fourth-order valence-electron chi connectivity index (χ4n) is 3.20. The lowest BCUT2D eigenvalue weighted by atomic mass is 10.1. The van der Waals surface area contributed by atoms with Crippen LogP contribution in [0.25, 0.3) is 0 Å². The number of nitrogens with zero attached hydrogens (tertiary/aromatic N) is 4. The maximum atomic E-state index is 12.3. The summed E-state index contributed by atoms with van der Waals surface area (Å²) in [6, 6.07) is 0.361. The zero-order chi connectivity index (χ0) is 13.5. The molecule has 20 heavy (non-hydrogen) atoms. The normalized spacial score (nSPS) is 30.5. The van der Waals surface area contributed by atoms with Crippen LogP contribution in [-0.2, 0) is 4.74 Å². The molecule has 2 aliphatic heterocycles. The van der Waals surface area contributed by atoms with Crippen LogP contribution in [0.3, 0.4) is 0 Å². The van der Waals surface area contributed by atoms with Crippen molar-refractivity contribution in [3.05, 3.63) is 11.1 Å². The molecule has 0 aromatic carbocycles. The maximum Gasteiger partial charge on any atom is 0.275 e. The van der Waals surface area contributed by atoms with Gasteiger partial charge in [-0.3, -0.25) is 9.69 Å². The SMILES string of the molecule is O=C(c1csnn1)N1C[C@@H]2OCCN(CC3CC3)[C@@H]2C1. The predicted octanol–water partition coefficient (Wildman–Crippen LogP) is 0.473. The molecule has 3 heterocycles. The molecule has 6 nitrogen and oxygen atoms in total. The molecule has 7 heteroatoms. The van der Waals surface area contributed by atoms with Gasteiger partial charge in [-0.2, -0.15) is 0 Å². The van der Waals surface area contributed by atoms with Gasteiger partial charge in [-0.1, -0.05) is 4.49 Å². The Morgan fingerprint density at radius 2 is 2.35 bits per heavy atom. The molecule has 0 radical (unpaired) electrons. The Kier molecular flexibility index (Phi) is 3.20. The first-order valence-corrected chi connectivity index (χ1v) is 8.07. The topological polar surface area (TPSA) is 58.6 Å². The molecule has 2 atom stereocenters. The van der Waals surface area contributed by atoms with E-state index < -0.39 is 0 Å². The number of hydrogen-bond donors (Lipinski definition) is 0. The number of ether oxygens (including phenoxy) is 1. The largest absolute Gasteiger partial charge is 0.373 e. The van der Waals surface area contributed by atoms with Crippen molar-refractivity contribution >= 4 is 17.4 Å². The van der Waals surface area contributed by atoms with Gasteiger partial charge in [0.05, 0.1) is 18.8 Å². The van der Waals surface area contributed by atoms with Crippen LogP contribution in [-0.4, -0.2) is 70.2 Å². The molecule has 1 amide bonds. The van der Waals surface area contributed by atoms with Crippen LogP contribution < -0.4 is 0 Å². The molecule has 0 spiro atoms. The van der Waals surface area contributed by atoms with E-state index in [1.807, 2.05) is 4.90 Å². The summed E-state index contributed by atoms with van der Waals surface area (Å²) in [6.45, 7) is 4.40. The van der Waals surface area contributed by atoms with E-state index in [0.29, 0.717) is 18.3 Å². The summed E-state index contributed by atoms with van der Waals surface area (Å²) in [6.07, 6.45) is 2.89. The van der Waals surface area contributed by atoms with Crippen molar-refractivity contribution in [2.75, 3.05) is 32.8 Å². The summed E-state index contributed by atoms with van der Waals surface area (Å²) >= 11 is 1.22. The van der Waals surface area contributed by atoms with Gasteiger partial charge in [-0.15, -0.1) is 5.10 Å². The Bertz CT molecular complexity index is 491. The van der Waals surface area contributed by atoms with E-state index in [1.165, 1.54) is 30.9 Å². The van der Waals surface area contributed by atoms with E-state index in [4.69, 9.17) is 4.74 Å². The van der Waals surface area contributed by atoms with Crippen LogP contribution in [0.2, 0.25) is 0 Å².